The van der Waals surface area contributed by atoms with Crippen molar-refractivity contribution in [1.29, 1.82) is 0 Å². The lowest BCUT2D eigenvalue weighted by atomic mass is 9.86. The van der Waals surface area contributed by atoms with Crippen LogP contribution in [0.3, 0.4) is 0 Å². The van der Waals surface area contributed by atoms with Gasteiger partial charge >= 0.3 is 0 Å². The van der Waals surface area contributed by atoms with E-state index in [4.69, 9.17) is 11.6 Å². The molecule has 4 nitrogen and oxygen atoms in total. The first-order chi connectivity index (χ1) is 14.7. The van der Waals surface area contributed by atoms with Crippen LogP contribution in [0.5, 0.6) is 0 Å². The van der Waals surface area contributed by atoms with Crippen molar-refractivity contribution in [1.82, 2.24) is 10.3 Å². The molecule has 0 aliphatic heterocycles. The van der Waals surface area contributed by atoms with Crippen LogP contribution in [0.4, 0.5) is 5.69 Å². The quantitative estimate of drug-likeness (QED) is 0.264. The number of thiophene rings is 2. The van der Waals surface area contributed by atoms with Crippen LogP contribution in [-0.2, 0) is 6.54 Å². The van der Waals surface area contributed by atoms with Gasteiger partial charge in [0.25, 0.3) is 0 Å². The van der Waals surface area contributed by atoms with Gasteiger partial charge < -0.3 is 15.7 Å². The molecule has 2 atom stereocenters. The minimum absolute atomic E-state index is 0.0531. The second kappa shape index (κ2) is 9.95. The Morgan fingerprint density at radius 3 is 2.97 bits per heavy atom. The number of anilines is 1. The zero-order valence-corrected chi connectivity index (χ0v) is 19.1. The second-order valence-corrected chi connectivity index (χ2v) is 9.64. The Morgan fingerprint density at radius 2 is 2.20 bits per heavy atom. The van der Waals surface area contributed by atoms with Crippen molar-refractivity contribution in [2.24, 2.45) is 0 Å². The van der Waals surface area contributed by atoms with E-state index in [1.54, 1.807) is 22.7 Å². The normalized spacial score (nSPS) is 18.4. The monoisotopic (exact) mass is 457 g/mol. The Labute approximate surface area is 190 Å². The summed E-state index contributed by atoms with van der Waals surface area (Å²) in [5.41, 5.74) is 2.80. The van der Waals surface area contributed by atoms with Gasteiger partial charge in [0.1, 0.15) is 10.7 Å². The van der Waals surface area contributed by atoms with Crippen molar-refractivity contribution in [2.45, 2.75) is 37.8 Å². The Morgan fingerprint density at radius 1 is 1.33 bits per heavy atom. The highest BCUT2D eigenvalue weighted by Gasteiger charge is 2.28. The van der Waals surface area contributed by atoms with E-state index in [0.717, 1.165) is 40.9 Å². The molecule has 0 aromatic carbocycles. The Kier molecular flexibility index (Phi) is 7.08. The summed E-state index contributed by atoms with van der Waals surface area (Å²) in [5, 5.41) is 18.7. The van der Waals surface area contributed by atoms with Crippen molar-refractivity contribution < 1.29 is 5.11 Å². The molecule has 0 fully saturated rings. The zero-order chi connectivity index (χ0) is 20.9. The van der Waals surface area contributed by atoms with Crippen LogP contribution in [-0.4, -0.2) is 29.8 Å². The summed E-state index contributed by atoms with van der Waals surface area (Å²) >= 11 is 9.90. The molecule has 1 aliphatic carbocycles. The van der Waals surface area contributed by atoms with E-state index in [9.17, 15) is 5.11 Å². The van der Waals surface area contributed by atoms with Crippen LogP contribution in [0.25, 0.3) is 10.2 Å². The average molecular weight is 458 g/mol. The molecule has 3 aromatic heterocycles. The molecule has 4 rings (SSSR count). The summed E-state index contributed by atoms with van der Waals surface area (Å²) < 4.78 is 1.09. The first kappa shape index (κ1) is 21.4. The van der Waals surface area contributed by atoms with Crippen LogP contribution in [0, 0.1) is 11.8 Å². The van der Waals surface area contributed by atoms with E-state index in [0.29, 0.717) is 23.5 Å². The van der Waals surface area contributed by atoms with Gasteiger partial charge in [0.05, 0.1) is 22.6 Å². The van der Waals surface area contributed by atoms with Crippen LogP contribution in [0.15, 0.2) is 35.7 Å². The van der Waals surface area contributed by atoms with Gasteiger partial charge in [0, 0.05) is 40.7 Å². The summed E-state index contributed by atoms with van der Waals surface area (Å²) in [4.78, 5) is 7.17. The Hall–Kier alpha value is -1.88. The standard InChI is InChI=1S/C23H24ClN3OS2/c1-25-18-10-3-2-8-16(18)22-17(9-4-5-11-28)21-23(30-22)19(13-20(24)27-21)26-14-15-7-6-12-29-15/h2-3,6-7,12-13,16,18,25,28H,5,8,10-11,14H2,1H3,(H,26,27)/t16-,18-/m0/s1. The Bertz CT molecular complexity index is 1100. The van der Waals surface area contributed by atoms with E-state index < -0.39 is 0 Å². The summed E-state index contributed by atoms with van der Waals surface area (Å²) in [6, 6.07) is 6.44. The van der Waals surface area contributed by atoms with Gasteiger partial charge in [-0.3, -0.25) is 0 Å². The smallest absolute Gasteiger partial charge is 0.131 e. The largest absolute Gasteiger partial charge is 0.395 e. The van der Waals surface area contributed by atoms with E-state index >= 15 is 0 Å². The molecular weight excluding hydrogens is 434 g/mol. The first-order valence-electron chi connectivity index (χ1n) is 10.0. The third kappa shape index (κ3) is 4.56. The minimum Gasteiger partial charge on any atom is -0.395 e. The van der Waals surface area contributed by atoms with Gasteiger partial charge in [0.15, 0.2) is 0 Å². The fraction of sp³-hybridized carbons (Fsp3) is 0.348. The van der Waals surface area contributed by atoms with Crippen LogP contribution in [0.2, 0.25) is 5.15 Å². The number of aromatic nitrogens is 1. The summed E-state index contributed by atoms with van der Waals surface area (Å²) in [5.74, 6) is 6.74. The molecule has 1 aliphatic rings. The predicted molar refractivity (Wildman–Crippen MR) is 129 cm³/mol. The summed E-state index contributed by atoms with van der Waals surface area (Å²) in [7, 11) is 2.02. The van der Waals surface area contributed by atoms with E-state index in [1.807, 2.05) is 13.1 Å². The van der Waals surface area contributed by atoms with Crippen molar-refractivity contribution >= 4 is 50.2 Å². The second-order valence-electron chi connectivity index (χ2n) is 7.16. The number of halogens is 1. The fourth-order valence-corrected chi connectivity index (χ4v) is 6.00. The number of rotatable bonds is 6. The number of fused-ring (bicyclic) bond motifs is 1. The third-order valence-corrected chi connectivity index (χ3v) is 7.67. The molecular formula is C23H24ClN3OS2. The van der Waals surface area contributed by atoms with Crippen molar-refractivity contribution in [3.8, 4) is 11.8 Å². The molecule has 0 spiro atoms. The van der Waals surface area contributed by atoms with Gasteiger partial charge in [-0.2, -0.15) is 0 Å². The lowest BCUT2D eigenvalue weighted by Gasteiger charge is -2.27. The van der Waals surface area contributed by atoms with E-state index in [1.165, 1.54) is 9.75 Å². The van der Waals surface area contributed by atoms with Crippen LogP contribution < -0.4 is 10.6 Å². The molecule has 0 bridgehead atoms. The van der Waals surface area contributed by atoms with Gasteiger partial charge in [-0.15, -0.1) is 22.7 Å². The highest BCUT2D eigenvalue weighted by Crippen LogP contribution is 2.43. The van der Waals surface area contributed by atoms with Crippen molar-refractivity contribution in [2.75, 3.05) is 19.0 Å². The topological polar surface area (TPSA) is 57.2 Å². The summed E-state index contributed by atoms with van der Waals surface area (Å²) in [6.45, 7) is 0.800. The number of nitrogens with zero attached hydrogens (tertiary/aromatic N) is 1. The van der Waals surface area contributed by atoms with Gasteiger partial charge in [-0.05, 0) is 31.3 Å². The minimum atomic E-state index is 0.0531. The zero-order valence-electron chi connectivity index (χ0n) is 16.7. The lowest BCUT2D eigenvalue weighted by Crippen LogP contribution is -2.33. The highest BCUT2D eigenvalue weighted by molar-refractivity contribution is 7.20. The molecule has 0 saturated carbocycles. The predicted octanol–water partition coefficient (Wildman–Crippen LogP) is 5.38. The molecule has 3 heterocycles. The Balaban J connectivity index is 1.81. The van der Waals surface area contributed by atoms with Crippen LogP contribution in [0.1, 0.15) is 40.5 Å². The maximum absolute atomic E-state index is 9.19. The average Bonchev–Trinajstić information content (AvgIpc) is 3.40. The molecule has 0 radical (unpaired) electrons. The molecule has 7 heteroatoms. The number of nitrogens with one attached hydrogen (secondary N) is 2. The third-order valence-electron chi connectivity index (χ3n) is 5.26. The molecule has 0 amide bonds. The number of aliphatic hydroxyl groups excluding tert-OH is 1. The van der Waals surface area contributed by atoms with Crippen molar-refractivity contribution in [3.63, 3.8) is 0 Å². The molecule has 30 heavy (non-hydrogen) atoms. The number of hydrogen-bond acceptors (Lipinski definition) is 6. The molecule has 0 saturated heterocycles. The molecule has 3 N–H and O–H groups in total. The number of likely N-dealkylation sites (N-methyl/N-ethyl adjacent to an activating group) is 1. The molecule has 0 unspecified atom stereocenters. The maximum atomic E-state index is 9.19. The maximum Gasteiger partial charge on any atom is 0.131 e. The van der Waals surface area contributed by atoms with E-state index in [-0.39, 0.29) is 6.61 Å². The highest BCUT2D eigenvalue weighted by atomic mass is 35.5. The van der Waals surface area contributed by atoms with Gasteiger partial charge in [-0.1, -0.05) is 41.7 Å². The summed E-state index contributed by atoms with van der Waals surface area (Å²) in [6.07, 6.45) is 6.91. The molecule has 156 valence electrons. The molecule has 3 aromatic rings. The number of allylic oxidation sites excluding steroid dienone is 1. The van der Waals surface area contributed by atoms with Gasteiger partial charge in [-0.25, -0.2) is 4.98 Å². The fourth-order valence-electron chi connectivity index (χ4n) is 3.79. The lowest BCUT2D eigenvalue weighted by molar-refractivity contribution is 0.305. The van der Waals surface area contributed by atoms with Crippen molar-refractivity contribution in [3.05, 3.63) is 56.2 Å². The first-order valence-corrected chi connectivity index (χ1v) is 12.1. The number of hydrogen-bond donors (Lipinski definition) is 3. The van der Waals surface area contributed by atoms with Gasteiger partial charge in [0.2, 0.25) is 0 Å². The van der Waals surface area contributed by atoms with Crippen LogP contribution >= 0.6 is 34.3 Å². The SMILES string of the molecule is CN[C@H]1CC=CC[C@@H]1c1sc2c(NCc3cccs3)cc(Cl)nc2c1C#CCCO. The number of aliphatic hydroxyl groups is 1. The number of pyridine rings is 1. The van der Waals surface area contributed by atoms with E-state index in [2.05, 4.69) is 57.1 Å².